The molecule has 2 heterocycles. The minimum Gasteiger partial charge on any atom is -0.346 e. The molecule has 34 heavy (non-hydrogen) atoms. The third-order valence-electron chi connectivity index (χ3n) is 5.04. The zero-order chi connectivity index (χ0) is 24.6. The number of amides is 2. The van der Waals surface area contributed by atoms with Crippen LogP contribution in [-0.4, -0.2) is 22.0 Å². The summed E-state index contributed by atoms with van der Waals surface area (Å²) in [6.45, 7) is 0.920. The maximum Gasteiger partial charge on any atom is 0.270 e. The topological polar surface area (TPSA) is 62.3 Å². The molecule has 0 fully saturated rings. The fourth-order valence-electron chi connectivity index (χ4n) is 3.45. The smallest absolute Gasteiger partial charge is 0.270 e. The number of anilines is 1. The number of hydrogen-bond donors (Lipinski definition) is 1. The number of fused-ring (bicyclic) bond motifs is 1. The van der Waals surface area contributed by atoms with Crippen molar-refractivity contribution < 1.29 is 31.5 Å². The minimum absolute atomic E-state index is 0.115. The molecule has 0 aliphatic carbocycles. The van der Waals surface area contributed by atoms with Gasteiger partial charge in [-0.3, -0.25) is 14.5 Å². The second kappa shape index (κ2) is 9.41. The van der Waals surface area contributed by atoms with E-state index in [1.165, 1.54) is 22.7 Å². The van der Waals surface area contributed by atoms with Gasteiger partial charge in [-0.05, 0) is 36.8 Å². The molecule has 2 amide bonds. The maximum absolute atomic E-state index is 13.8. The molecule has 11 heteroatoms. The highest BCUT2D eigenvalue weighted by Crippen LogP contribution is 2.38. The van der Waals surface area contributed by atoms with Crippen molar-refractivity contribution in [2.75, 3.05) is 4.90 Å². The van der Waals surface area contributed by atoms with Crippen LogP contribution in [0.5, 0.6) is 0 Å². The largest absolute Gasteiger partial charge is 0.346 e. The molecule has 0 saturated carbocycles. The highest BCUT2D eigenvalue weighted by molar-refractivity contribution is 8.00. The first-order valence-corrected chi connectivity index (χ1v) is 10.9. The summed E-state index contributed by atoms with van der Waals surface area (Å²) in [4.78, 5) is 31.4. The Balaban J connectivity index is 1.60. The van der Waals surface area contributed by atoms with Gasteiger partial charge in [0.2, 0.25) is 5.91 Å². The normalized spacial score (nSPS) is 15.3. The number of aromatic nitrogens is 1. The van der Waals surface area contributed by atoms with Gasteiger partial charge >= 0.3 is 0 Å². The lowest BCUT2D eigenvalue weighted by Gasteiger charge is -2.31. The molecule has 2 aromatic carbocycles. The van der Waals surface area contributed by atoms with E-state index in [1.54, 1.807) is 13.0 Å². The standard InChI is InChI=1S/C23H16F5N3O2S/c1-11-23(33)31(10-12-4-13(24)6-14(25)5-12)21-20(34-11)3-2-19(30-21)22(32)29-9-16-17(27)7-15(26)8-18(16)28/h2-8,11H,9-10H2,1H3,(H,29,32). The number of carbonyl (C=O) groups excluding carboxylic acids is 2. The molecule has 1 N–H and O–H groups in total. The van der Waals surface area contributed by atoms with E-state index < -0.39 is 52.4 Å². The average Bonchev–Trinajstić information content (AvgIpc) is 2.75. The molecule has 0 radical (unpaired) electrons. The Morgan fingerprint density at radius 1 is 1.00 bits per heavy atom. The number of hydrogen-bond acceptors (Lipinski definition) is 4. The van der Waals surface area contributed by atoms with Crippen LogP contribution in [0, 0.1) is 29.1 Å². The molecular weight excluding hydrogens is 477 g/mol. The van der Waals surface area contributed by atoms with Gasteiger partial charge in [0.15, 0.2) is 0 Å². The molecule has 1 aromatic heterocycles. The van der Waals surface area contributed by atoms with Gasteiger partial charge < -0.3 is 5.32 Å². The first-order valence-electron chi connectivity index (χ1n) is 9.98. The Labute approximate surface area is 195 Å². The summed E-state index contributed by atoms with van der Waals surface area (Å²) in [6, 6.07) is 6.82. The van der Waals surface area contributed by atoms with Crippen LogP contribution in [0.1, 0.15) is 28.5 Å². The number of nitrogens with one attached hydrogen (secondary N) is 1. The molecule has 1 aliphatic rings. The number of pyridine rings is 1. The van der Waals surface area contributed by atoms with Gasteiger partial charge in [0.25, 0.3) is 5.91 Å². The van der Waals surface area contributed by atoms with Crippen molar-refractivity contribution in [3.05, 3.63) is 88.4 Å². The van der Waals surface area contributed by atoms with E-state index >= 15 is 0 Å². The van der Waals surface area contributed by atoms with E-state index in [-0.39, 0.29) is 29.5 Å². The maximum atomic E-state index is 13.8. The van der Waals surface area contributed by atoms with Crippen molar-refractivity contribution in [3.8, 4) is 0 Å². The zero-order valence-electron chi connectivity index (χ0n) is 17.5. The number of rotatable bonds is 5. The first-order chi connectivity index (χ1) is 16.1. The number of carbonyl (C=O) groups is 2. The van der Waals surface area contributed by atoms with Gasteiger partial charge in [-0.2, -0.15) is 0 Å². The second-order valence-corrected chi connectivity index (χ2v) is 8.89. The summed E-state index contributed by atoms with van der Waals surface area (Å²) in [5, 5.41) is 1.81. The lowest BCUT2D eigenvalue weighted by atomic mass is 10.1. The molecule has 1 unspecified atom stereocenters. The third kappa shape index (κ3) is 4.89. The Kier molecular flexibility index (Phi) is 6.56. The fraction of sp³-hybridized carbons (Fsp3) is 0.174. The molecule has 176 valence electrons. The quantitative estimate of drug-likeness (QED) is 0.522. The third-order valence-corrected chi connectivity index (χ3v) is 6.17. The number of halogens is 5. The van der Waals surface area contributed by atoms with Gasteiger partial charge in [0.1, 0.15) is 40.6 Å². The molecule has 3 aromatic rings. The summed E-state index contributed by atoms with van der Waals surface area (Å²) in [7, 11) is 0. The highest BCUT2D eigenvalue weighted by atomic mass is 32.2. The van der Waals surface area contributed by atoms with Crippen molar-refractivity contribution in [1.29, 1.82) is 0 Å². The first kappa shape index (κ1) is 23.7. The van der Waals surface area contributed by atoms with Crippen LogP contribution >= 0.6 is 11.8 Å². The molecule has 1 atom stereocenters. The Bertz CT molecular complexity index is 1260. The summed E-state index contributed by atoms with van der Waals surface area (Å²) in [5.74, 6) is -6.05. The van der Waals surface area contributed by atoms with Crippen molar-refractivity contribution >= 4 is 29.4 Å². The van der Waals surface area contributed by atoms with Crippen molar-refractivity contribution in [1.82, 2.24) is 10.3 Å². The molecule has 0 bridgehead atoms. The number of benzene rings is 2. The van der Waals surface area contributed by atoms with E-state index in [4.69, 9.17) is 0 Å². The van der Waals surface area contributed by atoms with Gasteiger partial charge in [-0.25, -0.2) is 26.9 Å². The van der Waals surface area contributed by atoms with Gasteiger partial charge in [-0.15, -0.1) is 11.8 Å². The lowest BCUT2D eigenvalue weighted by Crippen LogP contribution is -2.40. The fourth-order valence-corrected chi connectivity index (χ4v) is 4.47. The summed E-state index contributed by atoms with van der Waals surface area (Å²) >= 11 is 1.21. The molecule has 4 rings (SSSR count). The van der Waals surface area contributed by atoms with Crippen LogP contribution < -0.4 is 10.2 Å². The molecular formula is C23H16F5N3O2S. The van der Waals surface area contributed by atoms with Crippen molar-refractivity contribution in [2.24, 2.45) is 0 Å². The molecule has 1 aliphatic heterocycles. The summed E-state index contributed by atoms with van der Waals surface area (Å²) < 4.78 is 68.0. The second-order valence-electron chi connectivity index (χ2n) is 7.51. The van der Waals surface area contributed by atoms with Gasteiger partial charge in [0.05, 0.1) is 16.7 Å². The van der Waals surface area contributed by atoms with Crippen molar-refractivity contribution in [2.45, 2.75) is 30.2 Å². The Morgan fingerprint density at radius 3 is 2.26 bits per heavy atom. The van der Waals surface area contributed by atoms with Crippen LogP contribution in [0.2, 0.25) is 0 Å². The van der Waals surface area contributed by atoms with Gasteiger partial charge in [0, 0.05) is 30.3 Å². The van der Waals surface area contributed by atoms with Crippen LogP contribution in [0.3, 0.4) is 0 Å². The summed E-state index contributed by atoms with van der Waals surface area (Å²) in [5.41, 5.74) is -0.489. The van der Waals surface area contributed by atoms with E-state index in [2.05, 4.69) is 10.3 Å². The zero-order valence-corrected chi connectivity index (χ0v) is 18.4. The Morgan fingerprint density at radius 2 is 1.62 bits per heavy atom. The number of nitrogens with zero attached hydrogens (tertiary/aromatic N) is 2. The minimum atomic E-state index is -1.15. The average molecular weight is 493 g/mol. The van der Waals surface area contributed by atoms with E-state index in [0.717, 1.165) is 12.1 Å². The SMILES string of the molecule is CC1Sc2ccc(C(=O)NCc3c(F)cc(F)cc3F)nc2N(Cc2cc(F)cc(F)c2)C1=O. The van der Waals surface area contributed by atoms with Crippen LogP contribution in [0.15, 0.2) is 47.4 Å². The van der Waals surface area contributed by atoms with E-state index in [1.807, 2.05) is 0 Å². The van der Waals surface area contributed by atoms with E-state index in [0.29, 0.717) is 23.1 Å². The van der Waals surface area contributed by atoms with Gasteiger partial charge in [-0.1, -0.05) is 0 Å². The Hall–Kier alpha value is -3.47. The monoisotopic (exact) mass is 493 g/mol. The summed E-state index contributed by atoms with van der Waals surface area (Å²) in [6.07, 6.45) is 0. The van der Waals surface area contributed by atoms with E-state index in [9.17, 15) is 31.5 Å². The highest BCUT2D eigenvalue weighted by Gasteiger charge is 2.33. The molecule has 0 spiro atoms. The van der Waals surface area contributed by atoms with Crippen LogP contribution in [0.25, 0.3) is 0 Å². The van der Waals surface area contributed by atoms with Crippen LogP contribution in [0.4, 0.5) is 27.8 Å². The predicted octanol–water partition coefficient (Wildman–Crippen LogP) is 4.73. The lowest BCUT2D eigenvalue weighted by molar-refractivity contribution is -0.118. The molecule has 0 saturated heterocycles. The van der Waals surface area contributed by atoms with Crippen molar-refractivity contribution in [3.63, 3.8) is 0 Å². The van der Waals surface area contributed by atoms with Crippen LogP contribution in [-0.2, 0) is 17.9 Å². The number of thioether (sulfide) groups is 1. The molecule has 5 nitrogen and oxygen atoms in total. The predicted molar refractivity (Wildman–Crippen MR) is 115 cm³/mol.